The summed E-state index contributed by atoms with van der Waals surface area (Å²) in [5.41, 5.74) is 7.47. The Bertz CT molecular complexity index is 1170. The molecular weight excluding hydrogens is 478 g/mol. The minimum atomic E-state index is -1.22. The Morgan fingerprint density at radius 3 is 2.37 bits per heavy atom. The number of rotatable bonds is 14. The molecule has 1 aliphatic heterocycles. The number of hydrazine groups is 1. The normalized spacial score (nSPS) is 18.5. The van der Waals surface area contributed by atoms with Crippen LogP contribution in [-0.4, -0.2) is 42.2 Å². The van der Waals surface area contributed by atoms with E-state index in [2.05, 4.69) is 17.8 Å². The Labute approximate surface area is 224 Å². The molecule has 0 unspecified atom stereocenters. The maximum atomic E-state index is 14.0. The Hall–Kier alpha value is -3.68. The second-order valence-corrected chi connectivity index (χ2v) is 9.45. The van der Waals surface area contributed by atoms with Crippen LogP contribution in [0.4, 0.5) is 0 Å². The van der Waals surface area contributed by atoms with Gasteiger partial charge in [-0.05, 0) is 41.8 Å². The third-order valence-electron chi connectivity index (χ3n) is 6.56. The average Bonchev–Trinajstić information content (AvgIpc) is 3.35. The van der Waals surface area contributed by atoms with Crippen LogP contribution in [0.25, 0.3) is 0 Å². The lowest BCUT2D eigenvalue weighted by atomic mass is 9.82. The van der Waals surface area contributed by atoms with E-state index in [9.17, 15) is 4.79 Å². The summed E-state index contributed by atoms with van der Waals surface area (Å²) in [4.78, 5) is 19.0. The number of nitrogens with one attached hydrogen (secondary N) is 2. The van der Waals surface area contributed by atoms with Gasteiger partial charge in [-0.3, -0.25) is 10.2 Å². The first-order chi connectivity index (χ1) is 18.7. The fourth-order valence-corrected chi connectivity index (χ4v) is 4.53. The summed E-state index contributed by atoms with van der Waals surface area (Å²) in [6.45, 7) is 3.36. The van der Waals surface area contributed by atoms with Crippen molar-refractivity contribution in [2.75, 3.05) is 19.8 Å². The standard InChI is InChI=1S/C31H37N3O4/c1-2-3-10-20-32-34-30(36)31(23-24-12-6-4-7-13-24)28(25-14-8-5-9-15-25)38-29(33-31)26-16-18-27(19-17-26)37-22-11-21-35/h4-9,12-19,28,32,35H,2-3,10-11,20-23H2,1H3,(H,34,36)/t28-,31-/m0/s1. The van der Waals surface area contributed by atoms with E-state index in [1.54, 1.807) is 0 Å². The summed E-state index contributed by atoms with van der Waals surface area (Å²) in [5.74, 6) is 0.883. The predicted octanol–water partition coefficient (Wildman–Crippen LogP) is 4.76. The third kappa shape index (κ3) is 6.79. The number of aliphatic hydroxyl groups excluding tert-OH is 1. The van der Waals surface area contributed by atoms with Gasteiger partial charge in [0.05, 0.1) is 6.61 Å². The van der Waals surface area contributed by atoms with Gasteiger partial charge in [0.25, 0.3) is 5.91 Å². The lowest BCUT2D eigenvalue weighted by Crippen LogP contribution is -2.54. The summed E-state index contributed by atoms with van der Waals surface area (Å²) in [6, 6.07) is 27.2. The summed E-state index contributed by atoms with van der Waals surface area (Å²) in [5, 5.41) is 8.99. The number of unbranched alkanes of at least 4 members (excludes halogenated alkanes) is 2. The molecule has 7 heteroatoms. The van der Waals surface area contributed by atoms with E-state index in [0.29, 0.717) is 37.6 Å². The second-order valence-electron chi connectivity index (χ2n) is 9.45. The van der Waals surface area contributed by atoms with Crippen molar-refractivity contribution in [3.05, 3.63) is 102 Å². The first-order valence-electron chi connectivity index (χ1n) is 13.4. The Morgan fingerprint density at radius 2 is 1.68 bits per heavy atom. The number of nitrogens with zero attached hydrogens (tertiary/aromatic N) is 1. The van der Waals surface area contributed by atoms with Crippen molar-refractivity contribution in [3.63, 3.8) is 0 Å². The summed E-state index contributed by atoms with van der Waals surface area (Å²) in [6.07, 6.45) is 3.51. The van der Waals surface area contributed by atoms with Gasteiger partial charge in [-0.2, -0.15) is 0 Å². The molecule has 0 saturated heterocycles. The van der Waals surface area contributed by atoms with E-state index in [1.165, 1.54) is 0 Å². The molecular formula is C31H37N3O4. The summed E-state index contributed by atoms with van der Waals surface area (Å²) in [7, 11) is 0. The largest absolute Gasteiger partial charge is 0.494 e. The van der Waals surface area contributed by atoms with Gasteiger partial charge in [0.2, 0.25) is 5.90 Å². The van der Waals surface area contributed by atoms with Crippen LogP contribution in [0.2, 0.25) is 0 Å². The van der Waals surface area contributed by atoms with E-state index < -0.39 is 11.6 Å². The minimum absolute atomic E-state index is 0.0859. The molecule has 3 N–H and O–H groups in total. The van der Waals surface area contributed by atoms with Crippen LogP contribution in [0, 0.1) is 0 Å². The number of amides is 1. The van der Waals surface area contributed by atoms with Crippen molar-refractivity contribution in [2.45, 2.75) is 50.7 Å². The Balaban J connectivity index is 1.68. The van der Waals surface area contributed by atoms with Crippen LogP contribution in [0.15, 0.2) is 89.9 Å². The van der Waals surface area contributed by atoms with E-state index in [-0.39, 0.29) is 12.5 Å². The van der Waals surface area contributed by atoms with Crippen LogP contribution in [-0.2, 0) is 16.0 Å². The fourth-order valence-electron chi connectivity index (χ4n) is 4.53. The first kappa shape index (κ1) is 27.4. The van der Waals surface area contributed by atoms with Gasteiger partial charge in [-0.1, -0.05) is 80.4 Å². The zero-order valence-corrected chi connectivity index (χ0v) is 21.9. The highest BCUT2D eigenvalue weighted by Crippen LogP contribution is 2.42. The highest BCUT2D eigenvalue weighted by atomic mass is 16.5. The van der Waals surface area contributed by atoms with Crippen molar-refractivity contribution < 1.29 is 19.4 Å². The number of carbonyl (C=O) groups excluding carboxylic acids is 1. The van der Waals surface area contributed by atoms with E-state index in [4.69, 9.17) is 19.6 Å². The van der Waals surface area contributed by atoms with Crippen LogP contribution in [0.1, 0.15) is 55.4 Å². The number of hydrogen-bond acceptors (Lipinski definition) is 6. The molecule has 0 bridgehead atoms. The zero-order chi connectivity index (χ0) is 26.6. The van der Waals surface area contributed by atoms with Gasteiger partial charge in [0.1, 0.15) is 5.75 Å². The molecule has 3 aromatic carbocycles. The summed E-state index contributed by atoms with van der Waals surface area (Å²) < 4.78 is 12.2. The van der Waals surface area contributed by atoms with Crippen molar-refractivity contribution in [2.24, 2.45) is 4.99 Å². The van der Waals surface area contributed by atoms with Crippen LogP contribution < -0.4 is 15.6 Å². The molecule has 4 rings (SSSR count). The SMILES string of the molecule is CCCCCNNC(=O)[C@@]1(Cc2ccccc2)N=C(c2ccc(OCCCO)cc2)O[C@H]1c1ccccc1. The fraction of sp³-hybridized carbons (Fsp3) is 0.355. The van der Waals surface area contributed by atoms with Gasteiger partial charge in [-0.15, -0.1) is 0 Å². The molecule has 38 heavy (non-hydrogen) atoms. The van der Waals surface area contributed by atoms with Crippen LogP contribution in [0.5, 0.6) is 5.75 Å². The van der Waals surface area contributed by atoms with Crippen LogP contribution in [0.3, 0.4) is 0 Å². The molecule has 0 aliphatic carbocycles. The van der Waals surface area contributed by atoms with Gasteiger partial charge in [0.15, 0.2) is 11.6 Å². The molecule has 0 radical (unpaired) electrons. The van der Waals surface area contributed by atoms with Crippen LogP contribution >= 0.6 is 0 Å². The van der Waals surface area contributed by atoms with Crippen molar-refractivity contribution in [3.8, 4) is 5.75 Å². The van der Waals surface area contributed by atoms with Crippen molar-refractivity contribution >= 4 is 11.8 Å². The molecule has 1 amide bonds. The molecule has 0 aromatic heterocycles. The maximum absolute atomic E-state index is 14.0. The van der Waals surface area contributed by atoms with Crippen molar-refractivity contribution in [1.82, 2.24) is 10.9 Å². The zero-order valence-electron chi connectivity index (χ0n) is 21.9. The number of aliphatic imine (C=N–C) groups is 1. The van der Waals surface area contributed by atoms with Crippen molar-refractivity contribution in [1.29, 1.82) is 0 Å². The molecule has 1 aliphatic rings. The van der Waals surface area contributed by atoms with Gasteiger partial charge < -0.3 is 14.6 Å². The average molecular weight is 516 g/mol. The third-order valence-corrected chi connectivity index (χ3v) is 6.56. The lowest BCUT2D eigenvalue weighted by molar-refractivity contribution is -0.130. The number of carbonyl (C=O) groups is 1. The molecule has 2 atom stereocenters. The smallest absolute Gasteiger partial charge is 0.266 e. The Morgan fingerprint density at radius 1 is 0.974 bits per heavy atom. The quantitative estimate of drug-likeness (QED) is 0.213. The molecule has 1 heterocycles. The highest BCUT2D eigenvalue weighted by molar-refractivity contribution is 6.01. The topological polar surface area (TPSA) is 92.2 Å². The monoisotopic (exact) mass is 515 g/mol. The van der Waals surface area contributed by atoms with Gasteiger partial charge >= 0.3 is 0 Å². The number of aliphatic hydroxyl groups is 1. The lowest BCUT2D eigenvalue weighted by Gasteiger charge is -2.30. The second kappa shape index (κ2) is 13.7. The van der Waals surface area contributed by atoms with E-state index in [1.807, 2.05) is 84.9 Å². The number of benzene rings is 3. The minimum Gasteiger partial charge on any atom is -0.494 e. The summed E-state index contributed by atoms with van der Waals surface area (Å²) >= 11 is 0. The molecule has 0 saturated carbocycles. The molecule has 7 nitrogen and oxygen atoms in total. The molecule has 0 fully saturated rings. The highest BCUT2D eigenvalue weighted by Gasteiger charge is 2.53. The predicted molar refractivity (Wildman–Crippen MR) is 149 cm³/mol. The molecule has 3 aromatic rings. The maximum Gasteiger partial charge on any atom is 0.266 e. The Kier molecular flexibility index (Phi) is 9.90. The van der Waals surface area contributed by atoms with E-state index >= 15 is 0 Å². The van der Waals surface area contributed by atoms with Gasteiger partial charge in [-0.25, -0.2) is 10.4 Å². The molecule has 200 valence electrons. The first-order valence-corrected chi connectivity index (χ1v) is 13.4. The number of ether oxygens (including phenoxy) is 2. The van der Waals surface area contributed by atoms with Gasteiger partial charge in [0, 0.05) is 31.6 Å². The number of hydrogen-bond donors (Lipinski definition) is 3. The molecule has 0 spiro atoms. The van der Waals surface area contributed by atoms with E-state index in [0.717, 1.165) is 36.0 Å².